The molecule has 2 N–H and O–H groups in total. The maximum absolute atomic E-state index is 11.4. The van der Waals surface area contributed by atoms with Crippen LogP contribution in [0, 0.1) is 0 Å². The minimum absolute atomic E-state index is 0.00929. The van der Waals surface area contributed by atoms with Gasteiger partial charge in [0.1, 0.15) is 6.04 Å². The standard InChI is InChI=1S/C12H17BrN2O/c1-4-9-7-10(13)5-6-11(9)15-8(2)12(16)14-3/h5-8,15H,4H2,1-3H3,(H,14,16). The number of hydrogen-bond donors (Lipinski definition) is 2. The maximum atomic E-state index is 11.4. The highest BCUT2D eigenvalue weighted by atomic mass is 79.9. The molecule has 88 valence electrons. The summed E-state index contributed by atoms with van der Waals surface area (Å²) >= 11 is 3.44. The quantitative estimate of drug-likeness (QED) is 0.892. The number of nitrogens with one attached hydrogen (secondary N) is 2. The zero-order valence-electron chi connectivity index (χ0n) is 9.80. The molecule has 1 amide bonds. The first kappa shape index (κ1) is 13.0. The summed E-state index contributed by atoms with van der Waals surface area (Å²) in [5, 5.41) is 5.83. The summed E-state index contributed by atoms with van der Waals surface area (Å²) in [5.74, 6) is -0.00929. The zero-order chi connectivity index (χ0) is 12.1. The molecule has 0 saturated carbocycles. The molecule has 1 aromatic carbocycles. The van der Waals surface area contributed by atoms with Crippen LogP contribution >= 0.6 is 15.9 Å². The van der Waals surface area contributed by atoms with Crippen LogP contribution in [-0.4, -0.2) is 19.0 Å². The summed E-state index contributed by atoms with van der Waals surface area (Å²) in [6, 6.07) is 5.80. The number of carbonyl (C=O) groups excluding carboxylic acids is 1. The molecule has 0 aliphatic heterocycles. The fourth-order valence-electron chi connectivity index (χ4n) is 1.51. The van der Waals surface area contributed by atoms with Gasteiger partial charge in [-0.2, -0.15) is 0 Å². The minimum atomic E-state index is -0.225. The second-order valence-corrected chi connectivity index (χ2v) is 4.55. The summed E-state index contributed by atoms with van der Waals surface area (Å²) < 4.78 is 1.06. The Kier molecular flexibility index (Phi) is 4.80. The topological polar surface area (TPSA) is 41.1 Å². The molecule has 1 aromatic rings. The molecule has 0 radical (unpaired) electrons. The molecular weight excluding hydrogens is 268 g/mol. The first-order valence-corrected chi connectivity index (χ1v) is 6.14. The van der Waals surface area contributed by atoms with Crippen LogP contribution < -0.4 is 10.6 Å². The van der Waals surface area contributed by atoms with Crippen molar-refractivity contribution in [3.05, 3.63) is 28.2 Å². The fraction of sp³-hybridized carbons (Fsp3) is 0.417. The van der Waals surface area contributed by atoms with E-state index in [1.165, 1.54) is 5.56 Å². The van der Waals surface area contributed by atoms with Crippen molar-refractivity contribution < 1.29 is 4.79 Å². The second kappa shape index (κ2) is 5.89. The summed E-state index contributed by atoms with van der Waals surface area (Å²) in [5.41, 5.74) is 2.21. The van der Waals surface area contributed by atoms with E-state index >= 15 is 0 Å². The molecule has 4 heteroatoms. The SMILES string of the molecule is CCc1cc(Br)ccc1NC(C)C(=O)NC. The van der Waals surface area contributed by atoms with Gasteiger partial charge in [-0.1, -0.05) is 22.9 Å². The summed E-state index contributed by atoms with van der Waals surface area (Å²) in [6.07, 6.45) is 0.933. The highest BCUT2D eigenvalue weighted by Gasteiger charge is 2.11. The van der Waals surface area contributed by atoms with Crippen LogP contribution in [0.2, 0.25) is 0 Å². The van der Waals surface area contributed by atoms with E-state index in [4.69, 9.17) is 0 Å². The third-order valence-electron chi connectivity index (χ3n) is 2.46. The van der Waals surface area contributed by atoms with Gasteiger partial charge in [0, 0.05) is 17.2 Å². The molecule has 0 aliphatic rings. The van der Waals surface area contributed by atoms with Gasteiger partial charge in [-0.25, -0.2) is 0 Å². The van der Waals surface area contributed by atoms with Gasteiger partial charge in [0.15, 0.2) is 0 Å². The molecule has 1 rings (SSSR count). The van der Waals surface area contributed by atoms with Crippen LogP contribution in [-0.2, 0) is 11.2 Å². The molecule has 0 fully saturated rings. The number of aryl methyl sites for hydroxylation is 1. The molecule has 0 saturated heterocycles. The number of likely N-dealkylation sites (N-methyl/N-ethyl adjacent to an activating group) is 1. The molecule has 0 aromatic heterocycles. The molecule has 0 spiro atoms. The Morgan fingerprint density at radius 1 is 1.50 bits per heavy atom. The molecule has 0 heterocycles. The van der Waals surface area contributed by atoms with Crippen LogP contribution in [0.15, 0.2) is 22.7 Å². The molecule has 0 bridgehead atoms. The monoisotopic (exact) mass is 284 g/mol. The average molecular weight is 285 g/mol. The largest absolute Gasteiger partial charge is 0.374 e. The molecule has 3 nitrogen and oxygen atoms in total. The van der Waals surface area contributed by atoms with Gasteiger partial charge in [0.05, 0.1) is 0 Å². The lowest BCUT2D eigenvalue weighted by molar-refractivity contribution is -0.121. The number of amides is 1. The lowest BCUT2D eigenvalue weighted by Gasteiger charge is -2.16. The van der Waals surface area contributed by atoms with Crippen molar-refractivity contribution in [2.24, 2.45) is 0 Å². The van der Waals surface area contributed by atoms with Crippen molar-refractivity contribution in [2.75, 3.05) is 12.4 Å². The Morgan fingerprint density at radius 2 is 2.19 bits per heavy atom. The third kappa shape index (κ3) is 3.23. The van der Waals surface area contributed by atoms with E-state index in [-0.39, 0.29) is 11.9 Å². The fourth-order valence-corrected chi connectivity index (χ4v) is 1.92. The summed E-state index contributed by atoms with van der Waals surface area (Å²) in [7, 11) is 1.64. The van der Waals surface area contributed by atoms with E-state index in [9.17, 15) is 4.79 Å². The van der Waals surface area contributed by atoms with Crippen molar-refractivity contribution in [2.45, 2.75) is 26.3 Å². The van der Waals surface area contributed by atoms with Crippen LogP contribution in [0.1, 0.15) is 19.4 Å². The zero-order valence-corrected chi connectivity index (χ0v) is 11.4. The Labute approximate surface area is 105 Å². The molecular formula is C12H17BrN2O. The molecule has 1 atom stereocenters. The smallest absolute Gasteiger partial charge is 0.241 e. The van der Waals surface area contributed by atoms with Crippen molar-refractivity contribution in [3.8, 4) is 0 Å². The number of halogens is 1. The Morgan fingerprint density at radius 3 is 2.75 bits per heavy atom. The average Bonchev–Trinajstić information content (AvgIpc) is 2.30. The van der Waals surface area contributed by atoms with Gasteiger partial charge in [-0.05, 0) is 37.1 Å². The van der Waals surface area contributed by atoms with Crippen molar-refractivity contribution in [1.29, 1.82) is 0 Å². The number of rotatable bonds is 4. The molecule has 0 aliphatic carbocycles. The maximum Gasteiger partial charge on any atom is 0.241 e. The first-order chi connectivity index (χ1) is 7.58. The lowest BCUT2D eigenvalue weighted by Crippen LogP contribution is -2.35. The minimum Gasteiger partial charge on any atom is -0.374 e. The third-order valence-corrected chi connectivity index (χ3v) is 2.95. The summed E-state index contributed by atoms with van der Waals surface area (Å²) in [6.45, 7) is 3.94. The van der Waals surface area contributed by atoms with Gasteiger partial charge >= 0.3 is 0 Å². The van der Waals surface area contributed by atoms with Crippen LogP contribution in [0.3, 0.4) is 0 Å². The predicted octanol–water partition coefficient (Wildman–Crippen LogP) is 2.56. The predicted molar refractivity (Wildman–Crippen MR) is 70.7 cm³/mol. The molecule has 16 heavy (non-hydrogen) atoms. The van der Waals surface area contributed by atoms with Gasteiger partial charge in [0.2, 0.25) is 5.91 Å². The van der Waals surface area contributed by atoms with E-state index in [1.807, 2.05) is 19.1 Å². The van der Waals surface area contributed by atoms with Crippen LogP contribution in [0.4, 0.5) is 5.69 Å². The highest BCUT2D eigenvalue weighted by Crippen LogP contribution is 2.22. The van der Waals surface area contributed by atoms with Crippen LogP contribution in [0.5, 0.6) is 0 Å². The highest BCUT2D eigenvalue weighted by molar-refractivity contribution is 9.10. The van der Waals surface area contributed by atoms with Crippen molar-refractivity contribution in [1.82, 2.24) is 5.32 Å². The van der Waals surface area contributed by atoms with E-state index < -0.39 is 0 Å². The van der Waals surface area contributed by atoms with Crippen LogP contribution in [0.25, 0.3) is 0 Å². The first-order valence-electron chi connectivity index (χ1n) is 5.35. The molecule has 1 unspecified atom stereocenters. The van der Waals surface area contributed by atoms with E-state index in [1.54, 1.807) is 7.05 Å². The number of benzene rings is 1. The van der Waals surface area contributed by atoms with Gasteiger partial charge in [-0.15, -0.1) is 0 Å². The van der Waals surface area contributed by atoms with E-state index in [2.05, 4.69) is 39.6 Å². The van der Waals surface area contributed by atoms with Gasteiger partial charge in [0.25, 0.3) is 0 Å². The lowest BCUT2D eigenvalue weighted by atomic mass is 10.1. The summed E-state index contributed by atoms with van der Waals surface area (Å²) in [4.78, 5) is 11.4. The Balaban J connectivity index is 2.84. The number of carbonyl (C=O) groups is 1. The number of hydrogen-bond acceptors (Lipinski definition) is 2. The van der Waals surface area contributed by atoms with Gasteiger partial charge < -0.3 is 10.6 Å². The normalized spacial score (nSPS) is 12.0. The Hall–Kier alpha value is -1.03. The number of anilines is 1. The Bertz CT molecular complexity index is 379. The second-order valence-electron chi connectivity index (χ2n) is 3.64. The van der Waals surface area contributed by atoms with Crippen molar-refractivity contribution >= 4 is 27.5 Å². The van der Waals surface area contributed by atoms with Gasteiger partial charge in [-0.3, -0.25) is 4.79 Å². The van der Waals surface area contributed by atoms with Crippen molar-refractivity contribution in [3.63, 3.8) is 0 Å². The van der Waals surface area contributed by atoms with E-state index in [0.717, 1.165) is 16.6 Å². The van der Waals surface area contributed by atoms with E-state index in [0.29, 0.717) is 0 Å².